The molecule has 5 nitrogen and oxygen atoms in total. The molecule has 1 aliphatic rings. The standard InChI is InChI=1S/C22H18F3N3O2/c23-22(24,25)17-5-7-21(27-12-17)30-18-8-10-28(13-18)20-6-4-15(11-16(20)14-29)19-3-1-2-9-26-19/h1-7,9,11-12,14,18H,8,10,13H2/t18-/m0/s1. The lowest BCUT2D eigenvalue weighted by atomic mass is 10.1. The molecule has 0 amide bonds. The molecule has 1 fully saturated rings. The number of carbonyl (C=O) groups excluding carboxylic acids is 1. The number of ether oxygens (including phenoxy) is 1. The monoisotopic (exact) mass is 413 g/mol. The lowest BCUT2D eigenvalue weighted by molar-refractivity contribution is -0.137. The quantitative estimate of drug-likeness (QED) is 0.571. The Morgan fingerprint density at radius 2 is 1.97 bits per heavy atom. The second kappa shape index (κ2) is 8.14. The molecule has 0 aliphatic carbocycles. The van der Waals surface area contributed by atoms with Crippen LogP contribution in [0.1, 0.15) is 22.3 Å². The molecular formula is C22H18F3N3O2. The van der Waals surface area contributed by atoms with Crippen molar-refractivity contribution in [3.05, 3.63) is 72.1 Å². The van der Waals surface area contributed by atoms with Crippen molar-refractivity contribution in [1.82, 2.24) is 9.97 Å². The third kappa shape index (κ3) is 4.27. The first-order valence-corrected chi connectivity index (χ1v) is 9.39. The fourth-order valence-electron chi connectivity index (χ4n) is 3.46. The molecule has 154 valence electrons. The number of rotatable bonds is 5. The Hall–Kier alpha value is -3.42. The number of carbonyl (C=O) groups is 1. The molecule has 0 spiro atoms. The lowest BCUT2D eigenvalue weighted by Crippen LogP contribution is -2.25. The fourth-order valence-corrected chi connectivity index (χ4v) is 3.46. The van der Waals surface area contributed by atoms with Gasteiger partial charge in [-0.15, -0.1) is 0 Å². The van der Waals surface area contributed by atoms with E-state index in [9.17, 15) is 18.0 Å². The van der Waals surface area contributed by atoms with Gasteiger partial charge in [-0.3, -0.25) is 9.78 Å². The van der Waals surface area contributed by atoms with E-state index in [1.165, 1.54) is 6.07 Å². The normalized spacial score (nSPS) is 16.5. The summed E-state index contributed by atoms with van der Waals surface area (Å²) in [7, 11) is 0. The predicted octanol–water partition coefficient (Wildman–Crippen LogP) is 4.63. The Balaban J connectivity index is 1.46. The molecule has 30 heavy (non-hydrogen) atoms. The van der Waals surface area contributed by atoms with Crippen molar-refractivity contribution in [2.45, 2.75) is 18.7 Å². The summed E-state index contributed by atoms with van der Waals surface area (Å²) in [5, 5.41) is 0. The molecule has 4 rings (SSSR count). The van der Waals surface area contributed by atoms with Crippen LogP contribution in [0.4, 0.5) is 18.9 Å². The van der Waals surface area contributed by atoms with Gasteiger partial charge in [0.2, 0.25) is 5.88 Å². The van der Waals surface area contributed by atoms with Crippen LogP contribution in [0.15, 0.2) is 60.9 Å². The van der Waals surface area contributed by atoms with E-state index in [4.69, 9.17) is 4.74 Å². The summed E-state index contributed by atoms with van der Waals surface area (Å²) in [4.78, 5) is 21.8. The van der Waals surface area contributed by atoms with Gasteiger partial charge in [0.1, 0.15) is 6.10 Å². The molecule has 0 N–H and O–H groups in total. The van der Waals surface area contributed by atoms with Crippen LogP contribution < -0.4 is 9.64 Å². The number of anilines is 1. The molecule has 0 saturated carbocycles. The molecule has 1 aromatic carbocycles. The Morgan fingerprint density at radius 1 is 1.10 bits per heavy atom. The molecule has 8 heteroatoms. The van der Waals surface area contributed by atoms with Crippen molar-refractivity contribution in [2.24, 2.45) is 0 Å². The van der Waals surface area contributed by atoms with E-state index in [-0.39, 0.29) is 12.0 Å². The highest BCUT2D eigenvalue weighted by molar-refractivity contribution is 5.87. The second-order valence-corrected chi connectivity index (χ2v) is 6.96. The van der Waals surface area contributed by atoms with Crippen molar-refractivity contribution in [1.29, 1.82) is 0 Å². The summed E-state index contributed by atoms with van der Waals surface area (Å²) in [6.07, 6.45) is -0.715. The van der Waals surface area contributed by atoms with Gasteiger partial charge in [0.25, 0.3) is 0 Å². The molecule has 0 radical (unpaired) electrons. The minimum Gasteiger partial charge on any atom is -0.472 e. The molecular weight excluding hydrogens is 395 g/mol. The van der Waals surface area contributed by atoms with Crippen molar-refractivity contribution in [3.63, 3.8) is 0 Å². The SMILES string of the molecule is O=Cc1cc(-c2ccccn2)ccc1N1CC[C@H](Oc2ccc(C(F)(F)F)cn2)C1. The van der Waals surface area contributed by atoms with Crippen LogP contribution in [-0.2, 0) is 6.18 Å². The zero-order valence-electron chi connectivity index (χ0n) is 15.8. The number of aromatic nitrogens is 2. The van der Waals surface area contributed by atoms with Gasteiger partial charge < -0.3 is 9.64 Å². The van der Waals surface area contributed by atoms with Crippen molar-refractivity contribution in [2.75, 3.05) is 18.0 Å². The van der Waals surface area contributed by atoms with Crippen LogP contribution in [-0.4, -0.2) is 35.4 Å². The average molecular weight is 413 g/mol. The highest BCUT2D eigenvalue weighted by Gasteiger charge is 2.31. The van der Waals surface area contributed by atoms with E-state index < -0.39 is 11.7 Å². The number of alkyl halides is 3. The van der Waals surface area contributed by atoms with Gasteiger partial charge in [-0.1, -0.05) is 12.1 Å². The Kier molecular flexibility index (Phi) is 5.39. The smallest absolute Gasteiger partial charge is 0.417 e. The third-order valence-electron chi connectivity index (χ3n) is 4.95. The van der Waals surface area contributed by atoms with E-state index in [0.717, 1.165) is 35.5 Å². The molecule has 1 aliphatic heterocycles. The van der Waals surface area contributed by atoms with Crippen LogP contribution >= 0.6 is 0 Å². The molecule has 3 heterocycles. The summed E-state index contributed by atoms with van der Waals surface area (Å²) < 4.78 is 43.7. The number of hydrogen-bond donors (Lipinski definition) is 0. The minimum absolute atomic E-state index is 0.149. The van der Waals surface area contributed by atoms with Gasteiger partial charge in [0, 0.05) is 48.2 Å². The maximum atomic E-state index is 12.7. The minimum atomic E-state index is -4.43. The van der Waals surface area contributed by atoms with Gasteiger partial charge in [-0.05, 0) is 30.3 Å². The molecule has 3 aromatic rings. The van der Waals surface area contributed by atoms with Gasteiger partial charge in [-0.2, -0.15) is 13.2 Å². The number of halogens is 3. The largest absolute Gasteiger partial charge is 0.472 e. The van der Waals surface area contributed by atoms with E-state index in [0.29, 0.717) is 25.1 Å². The van der Waals surface area contributed by atoms with E-state index in [1.54, 1.807) is 12.3 Å². The van der Waals surface area contributed by atoms with Crippen LogP contribution in [0.5, 0.6) is 5.88 Å². The zero-order chi connectivity index (χ0) is 21.1. The number of pyridine rings is 2. The van der Waals surface area contributed by atoms with Crippen LogP contribution in [0.25, 0.3) is 11.3 Å². The Morgan fingerprint density at radius 3 is 2.63 bits per heavy atom. The van der Waals surface area contributed by atoms with Crippen LogP contribution in [0.2, 0.25) is 0 Å². The zero-order valence-corrected chi connectivity index (χ0v) is 15.8. The number of benzene rings is 1. The van der Waals surface area contributed by atoms with E-state index >= 15 is 0 Å². The second-order valence-electron chi connectivity index (χ2n) is 6.96. The summed E-state index contributed by atoms with van der Waals surface area (Å²) in [6, 6.07) is 13.4. The van der Waals surface area contributed by atoms with Crippen LogP contribution in [0, 0.1) is 0 Å². The van der Waals surface area contributed by atoms with Crippen molar-refractivity contribution < 1.29 is 22.7 Å². The third-order valence-corrected chi connectivity index (χ3v) is 4.95. The summed E-state index contributed by atoms with van der Waals surface area (Å²) in [5.74, 6) is 0.149. The number of hydrogen-bond acceptors (Lipinski definition) is 5. The van der Waals surface area contributed by atoms with Gasteiger partial charge >= 0.3 is 6.18 Å². The van der Waals surface area contributed by atoms with Gasteiger partial charge in [0.05, 0.1) is 17.8 Å². The molecule has 0 bridgehead atoms. The Labute approximate surface area is 171 Å². The molecule has 2 aromatic heterocycles. The van der Waals surface area contributed by atoms with E-state index in [1.807, 2.05) is 35.2 Å². The number of nitrogens with zero attached hydrogens (tertiary/aromatic N) is 3. The van der Waals surface area contributed by atoms with E-state index in [2.05, 4.69) is 9.97 Å². The van der Waals surface area contributed by atoms with Crippen LogP contribution in [0.3, 0.4) is 0 Å². The first-order valence-electron chi connectivity index (χ1n) is 9.39. The maximum absolute atomic E-state index is 12.7. The fraction of sp³-hybridized carbons (Fsp3) is 0.227. The molecule has 1 atom stereocenters. The molecule has 0 unspecified atom stereocenters. The highest BCUT2D eigenvalue weighted by atomic mass is 19.4. The maximum Gasteiger partial charge on any atom is 0.417 e. The van der Waals surface area contributed by atoms with Gasteiger partial charge in [0.15, 0.2) is 6.29 Å². The first-order chi connectivity index (χ1) is 14.4. The Bertz CT molecular complexity index is 1020. The van der Waals surface area contributed by atoms with Crippen molar-refractivity contribution in [3.8, 4) is 17.1 Å². The van der Waals surface area contributed by atoms with Crippen molar-refractivity contribution >= 4 is 12.0 Å². The first kappa shape index (κ1) is 19.9. The summed E-state index contributed by atoms with van der Waals surface area (Å²) in [5.41, 5.74) is 2.15. The lowest BCUT2D eigenvalue weighted by Gasteiger charge is -2.21. The summed E-state index contributed by atoms with van der Waals surface area (Å²) in [6.45, 7) is 1.17. The van der Waals surface area contributed by atoms with Gasteiger partial charge in [-0.25, -0.2) is 4.98 Å². The topological polar surface area (TPSA) is 55.3 Å². The molecule has 1 saturated heterocycles. The average Bonchev–Trinajstić information content (AvgIpc) is 3.22. The highest BCUT2D eigenvalue weighted by Crippen LogP contribution is 2.31. The number of aldehydes is 1. The summed E-state index contributed by atoms with van der Waals surface area (Å²) >= 11 is 0. The predicted molar refractivity (Wildman–Crippen MR) is 106 cm³/mol.